The van der Waals surface area contributed by atoms with Gasteiger partial charge in [0.1, 0.15) is 0 Å². The van der Waals surface area contributed by atoms with Gasteiger partial charge in [-0.15, -0.1) is 0 Å². The third-order valence-corrected chi connectivity index (χ3v) is 3.81. The van der Waals surface area contributed by atoms with Gasteiger partial charge in [0, 0.05) is 6.54 Å². The topological polar surface area (TPSA) is 3.24 Å². The maximum Gasteiger partial charge on any atom is 0.00472 e. The lowest BCUT2D eigenvalue weighted by molar-refractivity contribution is 0.251. The van der Waals surface area contributed by atoms with Crippen LogP contribution >= 0.6 is 0 Å². The summed E-state index contributed by atoms with van der Waals surface area (Å²) >= 11 is 0. The summed E-state index contributed by atoms with van der Waals surface area (Å²) in [5.74, 6) is 0.743. The maximum atomic E-state index is 2.46. The molecule has 1 aliphatic rings. The Morgan fingerprint density at radius 1 is 1.17 bits per heavy atom. The molecule has 1 saturated heterocycles. The van der Waals surface area contributed by atoms with Crippen molar-refractivity contribution in [3.05, 3.63) is 35.4 Å². The van der Waals surface area contributed by atoms with Crippen molar-refractivity contribution < 1.29 is 0 Å². The van der Waals surface area contributed by atoms with E-state index in [1.807, 2.05) is 0 Å². The van der Waals surface area contributed by atoms with Crippen molar-refractivity contribution >= 4 is 0 Å². The number of nitrogens with zero attached hydrogens (tertiary/aromatic N) is 1. The van der Waals surface area contributed by atoms with Gasteiger partial charge in [0.05, 0.1) is 0 Å². The molecule has 1 aliphatic heterocycles. The molecule has 1 unspecified atom stereocenters. The summed E-state index contributed by atoms with van der Waals surface area (Å²) in [6, 6.07) is 9.36. The van der Waals surface area contributed by atoms with Crippen molar-refractivity contribution in [2.75, 3.05) is 20.1 Å². The molecule has 100 valence electrons. The van der Waals surface area contributed by atoms with Crippen LogP contribution in [0.4, 0.5) is 0 Å². The number of benzene rings is 1. The van der Waals surface area contributed by atoms with E-state index in [-0.39, 0.29) is 0 Å². The molecule has 1 heterocycles. The van der Waals surface area contributed by atoms with E-state index in [0.717, 1.165) is 12.3 Å². The molecule has 0 aromatic heterocycles. The highest BCUT2D eigenvalue weighted by Gasteiger charge is 2.19. The second-order valence-corrected chi connectivity index (χ2v) is 7.08. The van der Waals surface area contributed by atoms with Gasteiger partial charge in [-0.2, -0.15) is 0 Å². The highest BCUT2D eigenvalue weighted by molar-refractivity contribution is 5.26. The van der Waals surface area contributed by atoms with Gasteiger partial charge in [0.2, 0.25) is 0 Å². The summed E-state index contributed by atoms with van der Waals surface area (Å²) < 4.78 is 0. The monoisotopic (exact) mass is 245 g/mol. The normalized spacial score (nSPS) is 22.1. The van der Waals surface area contributed by atoms with Crippen LogP contribution in [0.3, 0.4) is 0 Å². The fraction of sp³-hybridized carbons (Fsp3) is 0.647. The Morgan fingerprint density at radius 3 is 2.39 bits per heavy atom. The van der Waals surface area contributed by atoms with Crippen molar-refractivity contribution in [2.24, 2.45) is 5.41 Å². The Morgan fingerprint density at radius 2 is 1.83 bits per heavy atom. The predicted octanol–water partition coefficient (Wildman–Crippen LogP) is 4.08. The first-order chi connectivity index (χ1) is 8.44. The van der Waals surface area contributed by atoms with Crippen LogP contribution in [0.5, 0.6) is 0 Å². The molecule has 1 nitrogen and oxygen atoms in total. The summed E-state index contributed by atoms with van der Waals surface area (Å²) in [5.41, 5.74) is 3.38. The van der Waals surface area contributed by atoms with Crippen molar-refractivity contribution in [1.82, 2.24) is 4.90 Å². The fourth-order valence-electron chi connectivity index (χ4n) is 2.96. The van der Waals surface area contributed by atoms with Crippen LogP contribution in [0.1, 0.15) is 50.7 Å². The zero-order valence-corrected chi connectivity index (χ0v) is 12.4. The molecule has 1 aromatic rings. The van der Waals surface area contributed by atoms with Gasteiger partial charge in [0.15, 0.2) is 0 Å². The van der Waals surface area contributed by atoms with Crippen LogP contribution in [-0.2, 0) is 6.42 Å². The predicted molar refractivity (Wildman–Crippen MR) is 79.1 cm³/mol. The smallest absolute Gasteiger partial charge is 0.00472 e. The lowest BCUT2D eigenvalue weighted by Gasteiger charge is -2.30. The Balaban J connectivity index is 2.03. The van der Waals surface area contributed by atoms with E-state index in [2.05, 4.69) is 57.0 Å². The van der Waals surface area contributed by atoms with Gasteiger partial charge in [-0.3, -0.25) is 0 Å². The molecule has 1 atom stereocenters. The lowest BCUT2D eigenvalue weighted by atomic mass is 9.86. The minimum Gasteiger partial charge on any atom is -0.306 e. The molecule has 0 spiro atoms. The lowest BCUT2D eigenvalue weighted by Crippen LogP contribution is -2.30. The van der Waals surface area contributed by atoms with Crippen molar-refractivity contribution in [3.63, 3.8) is 0 Å². The molecule has 0 bridgehead atoms. The van der Waals surface area contributed by atoms with E-state index in [0.29, 0.717) is 5.41 Å². The van der Waals surface area contributed by atoms with Crippen LogP contribution < -0.4 is 0 Å². The number of rotatable bonds is 2. The van der Waals surface area contributed by atoms with Gasteiger partial charge < -0.3 is 4.90 Å². The molecule has 1 aromatic carbocycles. The number of hydrogen-bond donors (Lipinski definition) is 0. The molecule has 1 fully saturated rings. The first kappa shape index (κ1) is 13.6. The minimum absolute atomic E-state index is 0.382. The van der Waals surface area contributed by atoms with Crippen LogP contribution in [-0.4, -0.2) is 25.0 Å². The molecular weight excluding hydrogens is 218 g/mol. The van der Waals surface area contributed by atoms with E-state index in [4.69, 9.17) is 0 Å². The second kappa shape index (κ2) is 5.44. The molecule has 18 heavy (non-hydrogen) atoms. The first-order valence-electron chi connectivity index (χ1n) is 7.21. The molecular formula is C17H27N. The maximum absolute atomic E-state index is 2.46. The highest BCUT2D eigenvalue weighted by atomic mass is 15.1. The summed E-state index contributed by atoms with van der Waals surface area (Å²) in [7, 11) is 2.24. The highest BCUT2D eigenvalue weighted by Crippen LogP contribution is 2.27. The summed E-state index contributed by atoms with van der Waals surface area (Å²) in [4.78, 5) is 2.46. The van der Waals surface area contributed by atoms with Gasteiger partial charge in [0.25, 0.3) is 0 Å². The standard InChI is InChI=1S/C17H27N/c1-17(2,3)12-14-7-9-15(10-8-14)16-6-5-11-18(4)13-16/h7-10,16H,5-6,11-13H2,1-4H3. The number of hydrogen-bond acceptors (Lipinski definition) is 1. The van der Waals surface area contributed by atoms with Crippen LogP contribution in [0.15, 0.2) is 24.3 Å². The van der Waals surface area contributed by atoms with E-state index < -0.39 is 0 Å². The third-order valence-electron chi connectivity index (χ3n) is 3.81. The zero-order valence-electron chi connectivity index (χ0n) is 12.4. The summed E-state index contributed by atoms with van der Waals surface area (Å²) in [6.45, 7) is 9.39. The Labute approximate surface area is 112 Å². The third kappa shape index (κ3) is 3.84. The van der Waals surface area contributed by atoms with Gasteiger partial charge in [-0.1, -0.05) is 45.0 Å². The van der Waals surface area contributed by atoms with Gasteiger partial charge in [-0.25, -0.2) is 0 Å². The van der Waals surface area contributed by atoms with E-state index in [9.17, 15) is 0 Å². The molecule has 1 heteroatoms. The number of likely N-dealkylation sites (N-methyl/N-ethyl adjacent to an activating group) is 1. The molecule has 2 rings (SSSR count). The Hall–Kier alpha value is -0.820. The molecule has 0 saturated carbocycles. The first-order valence-corrected chi connectivity index (χ1v) is 7.21. The van der Waals surface area contributed by atoms with Crippen LogP contribution in [0.2, 0.25) is 0 Å². The van der Waals surface area contributed by atoms with E-state index in [1.165, 1.54) is 37.1 Å². The Bertz CT molecular complexity index is 372. The van der Waals surface area contributed by atoms with Crippen LogP contribution in [0.25, 0.3) is 0 Å². The minimum atomic E-state index is 0.382. The van der Waals surface area contributed by atoms with Crippen molar-refractivity contribution in [3.8, 4) is 0 Å². The summed E-state index contributed by atoms with van der Waals surface area (Å²) in [6.07, 6.45) is 3.85. The molecule has 0 N–H and O–H groups in total. The molecule has 0 aliphatic carbocycles. The summed E-state index contributed by atoms with van der Waals surface area (Å²) in [5, 5.41) is 0. The number of piperidine rings is 1. The van der Waals surface area contributed by atoms with Crippen molar-refractivity contribution in [1.29, 1.82) is 0 Å². The van der Waals surface area contributed by atoms with E-state index in [1.54, 1.807) is 0 Å². The molecule has 0 amide bonds. The molecule has 0 radical (unpaired) electrons. The average molecular weight is 245 g/mol. The quantitative estimate of drug-likeness (QED) is 0.758. The zero-order chi connectivity index (χ0) is 13.2. The number of likely N-dealkylation sites (tertiary alicyclic amines) is 1. The van der Waals surface area contributed by atoms with Crippen LogP contribution in [0, 0.1) is 5.41 Å². The van der Waals surface area contributed by atoms with E-state index >= 15 is 0 Å². The fourth-order valence-corrected chi connectivity index (χ4v) is 2.96. The average Bonchev–Trinajstić information content (AvgIpc) is 2.28. The van der Waals surface area contributed by atoms with Gasteiger partial charge >= 0.3 is 0 Å². The van der Waals surface area contributed by atoms with Crippen molar-refractivity contribution in [2.45, 2.75) is 46.0 Å². The largest absolute Gasteiger partial charge is 0.306 e. The van der Waals surface area contributed by atoms with Gasteiger partial charge in [-0.05, 0) is 55.3 Å². The second-order valence-electron chi connectivity index (χ2n) is 7.08. The SMILES string of the molecule is CN1CCCC(c2ccc(CC(C)(C)C)cc2)C1. The Kier molecular flexibility index (Phi) is 4.11.